The predicted molar refractivity (Wildman–Crippen MR) is 97.4 cm³/mol. The molecule has 1 aromatic carbocycles. The van der Waals surface area contributed by atoms with Gasteiger partial charge in [0.05, 0.1) is 10.6 Å². The number of benzene rings is 1. The molecule has 1 atom stereocenters. The van der Waals surface area contributed by atoms with Crippen molar-refractivity contribution in [3.05, 3.63) is 33.0 Å². The molecule has 138 valence electrons. The molecule has 0 unspecified atom stereocenters. The lowest BCUT2D eigenvalue weighted by molar-refractivity contribution is 0.00607. The Labute approximate surface area is 160 Å². The number of ether oxygens (including phenoxy) is 1. The maximum Gasteiger partial charge on any atom is 0.410 e. The van der Waals surface area contributed by atoms with Gasteiger partial charge < -0.3 is 14.5 Å². The van der Waals surface area contributed by atoms with Crippen LogP contribution in [0.1, 0.15) is 38.1 Å². The highest BCUT2D eigenvalue weighted by atomic mass is 79.9. The summed E-state index contributed by atoms with van der Waals surface area (Å²) < 4.78 is 19.9. The summed E-state index contributed by atoms with van der Waals surface area (Å²) >= 11 is 9.11. The largest absolute Gasteiger partial charge is 0.444 e. The lowest BCUT2D eigenvalue weighted by Gasteiger charge is -2.40. The number of halogens is 3. The third-order valence-electron chi connectivity index (χ3n) is 3.78. The number of amides is 2. The summed E-state index contributed by atoms with van der Waals surface area (Å²) in [5, 5.41) is 0.268. The van der Waals surface area contributed by atoms with Crippen molar-refractivity contribution >= 4 is 39.5 Å². The van der Waals surface area contributed by atoms with Crippen molar-refractivity contribution in [2.75, 3.05) is 19.6 Å². The molecule has 5 nitrogen and oxygen atoms in total. The van der Waals surface area contributed by atoms with Crippen molar-refractivity contribution in [1.29, 1.82) is 0 Å². The fraction of sp³-hybridized carbons (Fsp3) is 0.529. The molecule has 1 aliphatic rings. The van der Waals surface area contributed by atoms with Crippen molar-refractivity contribution in [2.24, 2.45) is 0 Å². The molecule has 2 rings (SSSR count). The Balaban J connectivity index is 2.10. The Hall–Kier alpha value is -1.34. The first kappa shape index (κ1) is 20.0. The maximum absolute atomic E-state index is 14.1. The van der Waals surface area contributed by atoms with E-state index >= 15 is 0 Å². The minimum Gasteiger partial charge on any atom is -0.444 e. The highest BCUT2D eigenvalue weighted by molar-refractivity contribution is 9.10. The van der Waals surface area contributed by atoms with Gasteiger partial charge in [0.15, 0.2) is 0 Å². The van der Waals surface area contributed by atoms with Crippen molar-refractivity contribution in [1.82, 2.24) is 9.80 Å². The van der Waals surface area contributed by atoms with Crippen LogP contribution in [-0.4, -0.2) is 53.1 Å². The molecule has 2 amide bonds. The zero-order valence-corrected chi connectivity index (χ0v) is 16.9. The standard InChI is InChI=1S/C17H21BrClFN2O3/c1-10-9-21(16(24)25-17(2,3)4)5-6-22(10)15(23)11-7-13(19)12(18)8-14(11)20/h7-8,10H,5-6,9H2,1-4H3/t10-/m0/s1. The summed E-state index contributed by atoms with van der Waals surface area (Å²) in [6.07, 6.45) is -0.413. The molecule has 1 saturated heterocycles. The first-order chi connectivity index (χ1) is 11.5. The van der Waals surface area contributed by atoms with E-state index in [0.717, 1.165) is 0 Å². The van der Waals surface area contributed by atoms with E-state index in [1.54, 1.807) is 30.6 Å². The summed E-state index contributed by atoms with van der Waals surface area (Å²) in [7, 11) is 0. The lowest BCUT2D eigenvalue weighted by Crippen LogP contribution is -2.56. The van der Waals surface area contributed by atoms with E-state index in [1.165, 1.54) is 12.1 Å². The van der Waals surface area contributed by atoms with Gasteiger partial charge in [0.1, 0.15) is 11.4 Å². The zero-order valence-electron chi connectivity index (χ0n) is 14.6. The van der Waals surface area contributed by atoms with E-state index in [4.69, 9.17) is 16.3 Å². The molecular weight excluding hydrogens is 415 g/mol. The van der Waals surface area contributed by atoms with Gasteiger partial charge in [0, 0.05) is 30.1 Å². The van der Waals surface area contributed by atoms with Gasteiger partial charge in [-0.05, 0) is 55.8 Å². The summed E-state index contributed by atoms with van der Waals surface area (Å²) in [4.78, 5) is 27.9. The van der Waals surface area contributed by atoms with Gasteiger partial charge in [-0.15, -0.1) is 0 Å². The van der Waals surface area contributed by atoms with Crippen LogP contribution in [0.15, 0.2) is 16.6 Å². The maximum atomic E-state index is 14.1. The third kappa shape index (κ3) is 4.85. The zero-order chi connectivity index (χ0) is 18.9. The quantitative estimate of drug-likeness (QED) is 0.617. The molecule has 1 aromatic rings. The highest BCUT2D eigenvalue weighted by Gasteiger charge is 2.33. The van der Waals surface area contributed by atoms with Crippen LogP contribution in [-0.2, 0) is 4.74 Å². The molecule has 25 heavy (non-hydrogen) atoms. The molecule has 0 spiro atoms. The Morgan fingerprint density at radius 1 is 1.32 bits per heavy atom. The average molecular weight is 436 g/mol. The van der Waals surface area contributed by atoms with Gasteiger partial charge in [-0.1, -0.05) is 11.6 Å². The van der Waals surface area contributed by atoms with Gasteiger partial charge in [0.25, 0.3) is 5.91 Å². The number of rotatable bonds is 1. The monoisotopic (exact) mass is 434 g/mol. The first-order valence-corrected chi connectivity index (χ1v) is 9.10. The van der Waals surface area contributed by atoms with Crippen LogP contribution in [0.5, 0.6) is 0 Å². The van der Waals surface area contributed by atoms with Crippen molar-refractivity contribution in [3.8, 4) is 0 Å². The second-order valence-corrected chi connectivity index (χ2v) is 8.28. The topological polar surface area (TPSA) is 49.9 Å². The van der Waals surface area contributed by atoms with Gasteiger partial charge >= 0.3 is 6.09 Å². The number of piperazine rings is 1. The van der Waals surface area contributed by atoms with Crippen LogP contribution >= 0.6 is 27.5 Å². The van der Waals surface area contributed by atoms with E-state index < -0.39 is 23.4 Å². The fourth-order valence-corrected chi connectivity index (χ4v) is 3.07. The second-order valence-electron chi connectivity index (χ2n) is 7.02. The molecule has 1 aliphatic heterocycles. The number of nitrogens with zero attached hydrogens (tertiary/aromatic N) is 2. The van der Waals surface area contributed by atoms with Crippen LogP contribution in [0, 0.1) is 5.82 Å². The van der Waals surface area contributed by atoms with Crippen LogP contribution in [0.3, 0.4) is 0 Å². The smallest absolute Gasteiger partial charge is 0.410 e. The molecule has 1 fully saturated rings. The van der Waals surface area contributed by atoms with E-state index in [1.807, 2.05) is 6.92 Å². The Morgan fingerprint density at radius 2 is 1.96 bits per heavy atom. The van der Waals surface area contributed by atoms with Crippen LogP contribution in [0.25, 0.3) is 0 Å². The van der Waals surface area contributed by atoms with Gasteiger partial charge in [-0.3, -0.25) is 4.79 Å². The molecule has 0 aliphatic carbocycles. The second kappa shape index (κ2) is 7.50. The predicted octanol–water partition coefficient (Wildman–Crippen LogP) is 4.32. The van der Waals surface area contributed by atoms with Crippen LogP contribution < -0.4 is 0 Å². The minimum absolute atomic E-state index is 0.0780. The summed E-state index contributed by atoms with van der Waals surface area (Å²) in [6, 6.07) is 2.23. The van der Waals surface area contributed by atoms with Crippen molar-refractivity contribution in [2.45, 2.75) is 39.3 Å². The van der Waals surface area contributed by atoms with Gasteiger partial charge in [-0.2, -0.15) is 0 Å². The van der Waals surface area contributed by atoms with Crippen LogP contribution in [0.4, 0.5) is 9.18 Å². The molecule has 0 saturated carbocycles. The van der Waals surface area contributed by atoms with Gasteiger partial charge in [-0.25, -0.2) is 9.18 Å². The lowest BCUT2D eigenvalue weighted by atomic mass is 10.1. The summed E-state index contributed by atoms with van der Waals surface area (Å²) in [5.41, 5.74) is -0.657. The number of hydrogen-bond donors (Lipinski definition) is 0. The molecule has 1 heterocycles. The Morgan fingerprint density at radius 3 is 2.52 bits per heavy atom. The molecule has 0 aromatic heterocycles. The normalized spacial score (nSPS) is 18.3. The number of carbonyl (C=O) groups is 2. The minimum atomic E-state index is -0.636. The Bertz CT molecular complexity index is 693. The fourth-order valence-electron chi connectivity index (χ4n) is 2.59. The summed E-state index contributed by atoms with van der Waals surface area (Å²) in [5.74, 6) is -1.08. The third-order valence-corrected chi connectivity index (χ3v) is 4.98. The molecular formula is C17H21BrClFN2O3. The Kier molecular flexibility index (Phi) is 5.99. The molecule has 0 radical (unpaired) electrons. The first-order valence-electron chi connectivity index (χ1n) is 7.93. The van der Waals surface area contributed by atoms with E-state index in [0.29, 0.717) is 24.1 Å². The van der Waals surface area contributed by atoms with Gasteiger partial charge in [0.2, 0.25) is 0 Å². The van der Waals surface area contributed by atoms with Crippen LogP contribution in [0.2, 0.25) is 5.02 Å². The van der Waals surface area contributed by atoms with Crippen molar-refractivity contribution in [3.63, 3.8) is 0 Å². The highest BCUT2D eigenvalue weighted by Crippen LogP contribution is 2.27. The van der Waals surface area contributed by atoms with Crippen molar-refractivity contribution < 1.29 is 18.7 Å². The number of hydrogen-bond acceptors (Lipinski definition) is 3. The summed E-state index contributed by atoms with van der Waals surface area (Å²) in [6.45, 7) is 8.17. The number of carbonyl (C=O) groups excluding carboxylic acids is 2. The molecule has 8 heteroatoms. The van der Waals surface area contributed by atoms with E-state index in [2.05, 4.69) is 15.9 Å². The average Bonchev–Trinajstić information content (AvgIpc) is 2.48. The van der Waals surface area contributed by atoms with E-state index in [9.17, 15) is 14.0 Å². The molecule has 0 bridgehead atoms. The molecule has 0 N–H and O–H groups in total. The SMILES string of the molecule is C[C@H]1CN(C(=O)OC(C)(C)C)CCN1C(=O)c1cc(Cl)c(Br)cc1F. The van der Waals surface area contributed by atoms with E-state index in [-0.39, 0.29) is 16.6 Å².